The molecule has 1 aromatic heterocycles. The van der Waals surface area contributed by atoms with Crippen molar-refractivity contribution in [1.82, 2.24) is 15.0 Å². The van der Waals surface area contributed by atoms with Crippen molar-refractivity contribution in [2.75, 3.05) is 0 Å². The number of ether oxygens (including phenoxy) is 1. The first kappa shape index (κ1) is 12.5. The first-order valence-electron chi connectivity index (χ1n) is 5.83. The molecule has 0 saturated heterocycles. The minimum Gasteiger partial charge on any atom is -0.487 e. The number of aryl methyl sites for hydroxylation is 1. The molecule has 0 bridgehead atoms. The molecule has 0 radical (unpaired) electrons. The van der Waals surface area contributed by atoms with Gasteiger partial charge in [-0.15, -0.1) is 5.10 Å². The van der Waals surface area contributed by atoms with E-state index in [1.54, 1.807) is 30.1 Å². The number of rotatable bonds is 4. The Labute approximate surface area is 105 Å². The van der Waals surface area contributed by atoms with Crippen molar-refractivity contribution in [3.63, 3.8) is 0 Å². The van der Waals surface area contributed by atoms with Crippen LogP contribution in [0.3, 0.4) is 0 Å². The average molecular weight is 249 g/mol. The lowest BCUT2D eigenvalue weighted by Gasteiger charge is -2.10. The molecule has 1 aromatic carbocycles. The molecular weight excluding hydrogens is 233 g/mol. The number of halogens is 1. The Morgan fingerprint density at radius 1 is 1.39 bits per heavy atom. The van der Waals surface area contributed by atoms with Crippen LogP contribution in [-0.4, -0.2) is 15.0 Å². The maximum Gasteiger partial charge on any atom is 0.134 e. The van der Waals surface area contributed by atoms with Gasteiger partial charge in [0, 0.05) is 7.05 Å². The van der Waals surface area contributed by atoms with Gasteiger partial charge in [0.1, 0.15) is 23.9 Å². The quantitative estimate of drug-likeness (QED) is 0.836. The van der Waals surface area contributed by atoms with Gasteiger partial charge in [0.25, 0.3) is 0 Å². The minimum atomic E-state index is -0.197. The molecule has 2 rings (SSSR count). The third-order valence-electron chi connectivity index (χ3n) is 2.63. The molecule has 2 aromatic rings. The summed E-state index contributed by atoms with van der Waals surface area (Å²) >= 11 is 0. The summed E-state index contributed by atoms with van der Waals surface area (Å²) in [5.74, 6) is 0.577. The second-order valence-electron chi connectivity index (χ2n) is 4.51. The Morgan fingerprint density at radius 3 is 2.78 bits per heavy atom. The van der Waals surface area contributed by atoms with Gasteiger partial charge in [-0.3, -0.25) is 4.68 Å². The van der Waals surface area contributed by atoms with Crippen LogP contribution in [0.1, 0.15) is 31.0 Å². The van der Waals surface area contributed by atoms with Gasteiger partial charge >= 0.3 is 0 Å². The zero-order valence-corrected chi connectivity index (χ0v) is 10.7. The molecule has 0 aliphatic carbocycles. The molecule has 0 aliphatic rings. The molecule has 1 heterocycles. The van der Waals surface area contributed by atoms with Crippen LogP contribution in [0.2, 0.25) is 0 Å². The van der Waals surface area contributed by atoms with Crippen LogP contribution in [0.4, 0.5) is 4.39 Å². The van der Waals surface area contributed by atoms with E-state index in [1.807, 2.05) is 13.8 Å². The monoisotopic (exact) mass is 249 g/mol. The van der Waals surface area contributed by atoms with Gasteiger partial charge in [0.2, 0.25) is 0 Å². The number of benzene rings is 1. The van der Waals surface area contributed by atoms with Crippen molar-refractivity contribution in [1.29, 1.82) is 0 Å². The van der Waals surface area contributed by atoms with Crippen LogP contribution in [0.25, 0.3) is 0 Å². The lowest BCUT2D eigenvalue weighted by molar-refractivity contribution is 0.300. The number of hydrogen-bond acceptors (Lipinski definition) is 3. The van der Waals surface area contributed by atoms with E-state index in [4.69, 9.17) is 4.74 Å². The minimum absolute atomic E-state index is 0.130. The molecular formula is C13H16FN3O. The first-order valence-corrected chi connectivity index (χ1v) is 5.83. The fourth-order valence-electron chi connectivity index (χ4n) is 1.67. The van der Waals surface area contributed by atoms with E-state index < -0.39 is 0 Å². The van der Waals surface area contributed by atoms with E-state index in [0.717, 1.165) is 5.69 Å². The average Bonchev–Trinajstić information content (AvgIpc) is 2.74. The Bertz CT molecular complexity index is 537. The highest BCUT2D eigenvalue weighted by molar-refractivity contribution is 5.31. The van der Waals surface area contributed by atoms with Crippen LogP contribution in [-0.2, 0) is 13.7 Å². The maximum atomic E-state index is 13.5. The van der Waals surface area contributed by atoms with Gasteiger partial charge in [-0.05, 0) is 29.7 Å². The number of aromatic nitrogens is 3. The Balaban J connectivity index is 2.08. The molecule has 0 unspecified atom stereocenters. The molecule has 4 nitrogen and oxygen atoms in total. The lowest BCUT2D eigenvalue weighted by Crippen LogP contribution is -1.99. The van der Waals surface area contributed by atoms with Gasteiger partial charge in [0.05, 0.1) is 6.20 Å². The largest absolute Gasteiger partial charge is 0.487 e. The predicted octanol–water partition coefficient (Wildman–Crippen LogP) is 2.66. The van der Waals surface area contributed by atoms with Crippen molar-refractivity contribution in [3.05, 3.63) is 41.5 Å². The molecule has 18 heavy (non-hydrogen) atoms. The summed E-state index contributed by atoms with van der Waals surface area (Å²) in [4.78, 5) is 0. The molecule has 0 spiro atoms. The van der Waals surface area contributed by atoms with Crippen molar-refractivity contribution in [2.45, 2.75) is 26.4 Å². The van der Waals surface area contributed by atoms with Crippen LogP contribution >= 0.6 is 0 Å². The fraction of sp³-hybridized carbons (Fsp3) is 0.385. The van der Waals surface area contributed by atoms with Gasteiger partial charge < -0.3 is 4.74 Å². The Morgan fingerprint density at radius 2 is 2.17 bits per heavy atom. The molecule has 0 saturated carbocycles. The van der Waals surface area contributed by atoms with Gasteiger partial charge in [-0.25, -0.2) is 4.39 Å². The number of hydrogen-bond donors (Lipinski definition) is 0. The molecule has 5 heteroatoms. The topological polar surface area (TPSA) is 39.9 Å². The summed E-state index contributed by atoms with van der Waals surface area (Å²) in [7, 11) is 1.80. The van der Waals surface area contributed by atoms with Crippen LogP contribution in [0, 0.1) is 5.82 Å². The second-order valence-corrected chi connectivity index (χ2v) is 4.51. The van der Waals surface area contributed by atoms with E-state index in [1.165, 1.54) is 6.07 Å². The normalized spacial score (nSPS) is 10.9. The van der Waals surface area contributed by atoms with Crippen molar-refractivity contribution in [3.8, 4) is 5.75 Å². The summed E-state index contributed by atoms with van der Waals surface area (Å²) in [5, 5.41) is 7.74. The number of nitrogens with zero attached hydrogens (tertiary/aromatic N) is 3. The van der Waals surface area contributed by atoms with Gasteiger partial charge in [0.15, 0.2) is 0 Å². The predicted molar refractivity (Wildman–Crippen MR) is 65.8 cm³/mol. The SMILES string of the molecule is CC(C)c1cc(OCc2cn(C)nn2)ccc1F. The van der Waals surface area contributed by atoms with Crippen molar-refractivity contribution >= 4 is 0 Å². The standard InChI is InChI=1S/C13H16FN3O/c1-9(2)12-6-11(4-5-13(12)14)18-8-10-7-17(3)16-15-10/h4-7,9H,8H2,1-3H3. The Hall–Kier alpha value is -1.91. The molecule has 0 amide bonds. The van der Waals surface area contributed by atoms with Crippen molar-refractivity contribution in [2.24, 2.45) is 7.05 Å². The highest BCUT2D eigenvalue weighted by Gasteiger charge is 2.08. The highest BCUT2D eigenvalue weighted by atomic mass is 19.1. The van der Waals surface area contributed by atoms with E-state index in [9.17, 15) is 4.39 Å². The van der Waals surface area contributed by atoms with E-state index >= 15 is 0 Å². The van der Waals surface area contributed by atoms with E-state index in [2.05, 4.69) is 10.3 Å². The molecule has 0 aliphatic heterocycles. The van der Waals surface area contributed by atoms with Crippen LogP contribution < -0.4 is 4.74 Å². The van der Waals surface area contributed by atoms with E-state index in [0.29, 0.717) is 17.9 Å². The maximum absolute atomic E-state index is 13.5. The zero-order chi connectivity index (χ0) is 13.1. The highest BCUT2D eigenvalue weighted by Crippen LogP contribution is 2.24. The fourth-order valence-corrected chi connectivity index (χ4v) is 1.67. The molecule has 0 N–H and O–H groups in total. The zero-order valence-electron chi connectivity index (χ0n) is 10.7. The van der Waals surface area contributed by atoms with Crippen LogP contribution in [0.5, 0.6) is 5.75 Å². The smallest absolute Gasteiger partial charge is 0.134 e. The first-order chi connectivity index (χ1) is 8.56. The Kier molecular flexibility index (Phi) is 3.60. The third-order valence-corrected chi connectivity index (χ3v) is 2.63. The van der Waals surface area contributed by atoms with Gasteiger partial charge in [-0.1, -0.05) is 19.1 Å². The summed E-state index contributed by atoms with van der Waals surface area (Å²) < 4.78 is 20.7. The summed E-state index contributed by atoms with van der Waals surface area (Å²) in [6, 6.07) is 4.79. The molecule has 0 fully saturated rings. The van der Waals surface area contributed by atoms with Crippen molar-refractivity contribution < 1.29 is 9.13 Å². The van der Waals surface area contributed by atoms with Crippen LogP contribution in [0.15, 0.2) is 24.4 Å². The molecule has 0 atom stereocenters. The summed E-state index contributed by atoms with van der Waals surface area (Å²) in [6.07, 6.45) is 1.78. The second kappa shape index (κ2) is 5.16. The van der Waals surface area contributed by atoms with E-state index in [-0.39, 0.29) is 11.7 Å². The summed E-state index contributed by atoms with van der Waals surface area (Å²) in [5.41, 5.74) is 1.40. The van der Waals surface area contributed by atoms with Gasteiger partial charge in [-0.2, -0.15) is 0 Å². The lowest BCUT2D eigenvalue weighted by atomic mass is 10.0. The third kappa shape index (κ3) is 2.85. The molecule has 96 valence electrons. The summed E-state index contributed by atoms with van der Waals surface area (Å²) in [6.45, 7) is 4.23.